The SMILES string of the molecule is CCCCOCC(O)COCC1CCCCN1. The van der Waals surface area contributed by atoms with E-state index in [1.165, 1.54) is 19.3 Å². The Morgan fingerprint density at radius 1 is 1.29 bits per heavy atom. The normalized spacial score (nSPS) is 22.6. The van der Waals surface area contributed by atoms with Crippen LogP contribution in [-0.4, -0.2) is 50.2 Å². The molecule has 0 saturated carbocycles. The highest BCUT2D eigenvalue weighted by Gasteiger charge is 2.13. The number of unbranched alkanes of at least 4 members (excludes halogenated alkanes) is 1. The highest BCUT2D eigenvalue weighted by molar-refractivity contribution is 4.71. The predicted octanol–water partition coefficient (Wildman–Crippen LogP) is 1.32. The lowest BCUT2D eigenvalue weighted by Crippen LogP contribution is -2.38. The summed E-state index contributed by atoms with van der Waals surface area (Å²) in [5, 5.41) is 13.0. The van der Waals surface area contributed by atoms with Crippen LogP contribution in [-0.2, 0) is 9.47 Å². The van der Waals surface area contributed by atoms with Gasteiger partial charge in [0.2, 0.25) is 0 Å². The summed E-state index contributed by atoms with van der Waals surface area (Å²) in [6.07, 6.45) is 5.42. The molecule has 0 bridgehead atoms. The van der Waals surface area contributed by atoms with Crippen molar-refractivity contribution in [3.63, 3.8) is 0 Å². The molecule has 1 aliphatic rings. The van der Waals surface area contributed by atoms with E-state index in [4.69, 9.17) is 9.47 Å². The van der Waals surface area contributed by atoms with Crippen molar-refractivity contribution >= 4 is 0 Å². The Hall–Kier alpha value is -0.160. The Morgan fingerprint density at radius 2 is 2.12 bits per heavy atom. The fourth-order valence-corrected chi connectivity index (χ4v) is 1.93. The van der Waals surface area contributed by atoms with Crippen molar-refractivity contribution in [1.29, 1.82) is 0 Å². The number of nitrogens with one attached hydrogen (secondary N) is 1. The first-order chi connectivity index (χ1) is 8.33. The lowest BCUT2D eigenvalue weighted by atomic mass is 10.1. The molecule has 1 saturated heterocycles. The lowest BCUT2D eigenvalue weighted by Gasteiger charge is -2.23. The Bertz CT molecular complexity index is 172. The summed E-state index contributed by atoms with van der Waals surface area (Å²) in [7, 11) is 0. The van der Waals surface area contributed by atoms with E-state index in [0.717, 1.165) is 26.0 Å². The summed E-state index contributed by atoms with van der Waals surface area (Å²) in [5.74, 6) is 0. The summed E-state index contributed by atoms with van der Waals surface area (Å²) >= 11 is 0. The van der Waals surface area contributed by atoms with Gasteiger partial charge in [-0.05, 0) is 25.8 Å². The van der Waals surface area contributed by atoms with Gasteiger partial charge in [0.1, 0.15) is 6.10 Å². The van der Waals surface area contributed by atoms with Crippen LogP contribution in [0.4, 0.5) is 0 Å². The van der Waals surface area contributed by atoms with E-state index in [0.29, 0.717) is 25.9 Å². The quantitative estimate of drug-likeness (QED) is 0.602. The second-order valence-electron chi connectivity index (χ2n) is 4.77. The molecule has 102 valence electrons. The molecule has 0 amide bonds. The van der Waals surface area contributed by atoms with E-state index >= 15 is 0 Å². The van der Waals surface area contributed by atoms with E-state index in [9.17, 15) is 5.11 Å². The molecule has 0 aromatic carbocycles. The molecular formula is C13H27NO3. The summed E-state index contributed by atoms with van der Waals surface area (Å²) in [4.78, 5) is 0. The van der Waals surface area contributed by atoms with Crippen molar-refractivity contribution in [2.24, 2.45) is 0 Å². The second kappa shape index (κ2) is 9.83. The largest absolute Gasteiger partial charge is 0.388 e. The van der Waals surface area contributed by atoms with Crippen LogP contribution >= 0.6 is 0 Å². The minimum Gasteiger partial charge on any atom is -0.388 e. The molecular weight excluding hydrogens is 218 g/mol. The minimum absolute atomic E-state index is 0.379. The minimum atomic E-state index is -0.490. The molecule has 0 aromatic rings. The second-order valence-corrected chi connectivity index (χ2v) is 4.77. The molecule has 2 atom stereocenters. The number of hydrogen-bond donors (Lipinski definition) is 2. The van der Waals surface area contributed by atoms with Crippen LogP contribution in [0.15, 0.2) is 0 Å². The molecule has 4 nitrogen and oxygen atoms in total. The van der Waals surface area contributed by atoms with Crippen LogP contribution in [0.1, 0.15) is 39.0 Å². The number of ether oxygens (including phenoxy) is 2. The van der Waals surface area contributed by atoms with Gasteiger partial charge in [0.25, 0.3) is 0 Å². The fraction of sp³-hybridized carbons (Fsp3) is 1.00. The molecule has 0 aliphatic carbocycles. The first kappa shape index (κ1) is 14.9. The first-order valence-electron chi connectivity index (χ1n) is 6.90. The monoisotopic (exact) mass is 245 g/mol. The van der Waals surface area contributed by atoms with Gasteiger partial charge in [-0.3, -0.25) is 0 Å². The molecule has 1 heterocycles. The van der Waals surface area contributed by atoms with Gasteiger partial charge in [-0.15, -0.1) is 0 Å². The van der Waals surface area contributed by atoms with Crippen molar-refractivity contribution in [3.05, 3.63) is 0 Å². The van der Waals surface area contributed by atoms with E-state index < -0.39 is 6.10 Å². The topological polar surface area (TPSA) is 50.7 Å². The average molecular weight is 245 g/mol. The van der Waals surface area contributed by atoms with Crippen LogP contribution < -0.4 is 5.32 Å². The van der Waals surface area contributed by atoms with Gasteiger partial charge in [-0.2, -0.15) is 0 Å². The third-order valence-electron chi connectivity index (χ3n) is 2.99. The number of piperidine rings is 1. The van der Waals surface area contributed by atoms with Gasteiger partial charge in [-0.25, -0.2) is 0 Å². The Labute approximate surface area is 105 Å². The third kappa shape index (κ3) is 7.71. The predicted molar refractivity (Wildman–Crippen MR) is 68.2 cm³/mol. The molecule has 1 fully saturated rings. The van der Waals surface area contributed by atoms with Crippen molar-refractivity contribution in [2.75, 3.05) is 33.0 Å². The fourth-order valence-electron chi connectivity index (χ4n) is 1.93. The zero-order valence-electron chi connectivity index (χ0n) is 11.0. The maximum atomic E-state index is 9.61. The van der Waals surface area contributed by atoms with Gasteiger partial charge in [0, 0.05) is 12.6 Å². The van der Waals surface area contributed by atoms with Crippen LogP contribution in [0.5, 0.6) is 0 Å². The van der Waals surface area contributed by atoms with E-state index in [1.807, 2.05) is 0 Å². The van der Waals surface area contributed by atoms with E-state index in [-0.39, 0.29) is 0 Å². The van der Waals surface area contributed by atoms with Crippen molar-refractivity contribution in [2.45, 2.75) is 51.2 Å². The van der Waals surface area contributed by atoms with Crippen molar-refractivity contribution < 1.29 is 14.6 Å². The van der Waals surface area contributed by atoms with Gasteiger partial charge >= 0.3 is 0 Å². The van der Waals surface area contributed by atoms with Crippen LogP contribution in [0.25, 0.3) is 0 Å². The molecule has 4 heteroatoms. The Kier molecular flexibility index (Phi) is 8.61. The summed E-state index contributed by atoms with van der Waals surface area (Å²) in [6, 6.07) is 0.469. The maximum Gasteiger partial charge on any atom is 0.101 e. The summed E-state index contributed by atoms with van der Waals surface area (Å²) in [5.41, 5.74) is 0. The highest BCUT2D eigenvalue weighted by atomic mass is 16.5. The molecule has 2 unspecified atom stereocenters. The summed E-state index contributed by atoms with van der Waals surface area (Å²) in [6.45, 7) is 5.42. The summed E-state index contributed by atoms with van der Waals surface area (Å²) < 4.78 is 10.8. The van der Waals surface area contributed by atoms with Gasteiger partial charge in [-0.1, -0.05) is 19.8 Å². The smallest absolute Gasteiger partial charge is 0.101 e. The van der Waals surface area contributed by atoms with Gasteiger partial charge < -0.3 is 19.9 Å². The van der Waals surface area contributed by atoms with E-state index in [1.54, 1.807) is 0 Å². The molecule has 2 N–H and O–H groups in total. The Balaban J connectivity index is 1.90. The van der Waals surface area contributed by atoms with Gasteiger partial charge in [0.05, 0.1) is 19.8 Å². The highest BCUT2D eigenvalue weighted by Crippen LogP contribution is 2.07. The first-order valence-corrected chi connectivity index (χ1v) is 6.90. The zero-order chi connectivity index (χ0) is 12.3. The molecule has 0 spiro atoms. The van der Waals surface area contributed by atoms with Crippen LogP contribution in [0.3, 0.4) is 0 Å². The number of aliphatic hydroxyl groups is 1. The number of rotatable bonds is 9. The standard InChI is InChI=1S/C13H27NO3/c1-2-3-8-16-10-13(15)11-17-9-12-6-4-5-7-14-12/h12-15H,2-11H2,1H3. The molecule has 0 radical (unpaired) electrons. The van der Waals surface area contributed by atoms with Crippen molar-refractivity contribution in [1.82, 2.24) is 5.32 Å². The molecule has 1 aliphatic heterocycles. The zero-order valence-corrected chi connectivity index (χ0v) is 11.0. The molecule has 17 heavy (non-hydrogen) atoms. The lowest BCUT2D eigenvalue weighted by molar-refractivity contribution is -0.0245. The van der Waals surface area contributed by atoms with Crippen LogP contribution in [0, 0.1) is 0 Å². The Morgan fingerprint density at radius 3 is 2.82 bits per heavy atom. The van der Waals surface area contributed by atoms with Crippen LogP contribution in [0.2, 0.25) is 0 Å². The third-order valence-corrected chi connectivity index (χ3v) is 2.99. The number of hydrogen-bond acceptors (Lipinski definition) is 4. The van der Waals surface area contributed by atoms with E-state index in [2.05, 4.69) is 12.2 Å². The average Bonchev–Trinajstić information content (AvgIpc) is 2.36. The number of aliphatic hydroxyl groups excluding tert-OH is 1. The molecule has 1 rings (SSSR count). The maximum absolute atomic E-state index is 9.61. The van der Waals surface area contributed by atoms with Crippen molar-refractivity contribution in [3.8, 4) is 0 Å². The van der Waals surface area contributed by atoms with Gasteiger partial charge in [0.15, 0.2) is 0 Å². The molecule has 0 aromatic heterocycles.